The van der Waals surface area contributed by atoms with E-state index in [0.29, 0.717) is 13.0 Å². The van der Waals surface area contributed by atoms with Crippen LogP contribution in [0.5, 0.6) is 5.75 Å². The van der Waals surface area contributed by atoms with Crippen LogP contribution in [0.15, 0.2) is 24.3 Å². The molecule has 1 aliphatic carbocycles. The molecule has 2 amide bonds. The fraction of sp³-hybridized carbons (Fsp3) is 0.385. The molecule has 1 aromatic carbocycles. The summed E-state index contributed by atoms with van der Waals surface area (Å²) < 4.78 is 0. The first-order valence-electron chi connectivity index (χ1n) is 5.80. The number of hydrogen-bond acceptors (Lipinski definition) is 3. The third-order valence-electron chi connectivity index (χ3n) is 3.52. The number of amides is 2. The molecule has 1 saturated carbocycles. The maximum atomic E-state index is 11.7. The highest BCUT2D eigenvalue weighted by atomic mass is 16.3. The highest BCUT2D eigenvalue weighted by Crippen LogP contribution is 2.46. The van der Waals surface area contributed by atoms with Gasteiger partial charge in [-0.15, -0.1) is 0 Å². The summed E-state index contributed by atoms with van der Waals surface area (Å²) in [5.41, 5.74) is 1.02. The van der Waals surface area contributed by atoms with Crippen LogP contribution in [-0.4, -0.2) is 28.4 Å². The molecule has 1 heterocycles. The smallest absolute Gasteiger partial charge is 0.233 e. The Kier molecular flexibility index (Phi) is 2.18. The molecule has 1 aromatic rings. The van der Waals surface area contributed by atoms with E-state index in [4.69, 9.17) is 5.11 Å². The first kappa shape index (κ1) is 10.3. The molecule has 1 saturated heterocycles. The van der Waals surface area contributed by atoms with E-state index >= 15 is 0 Å². The van der Waals surface area contributed by atoms with Crippen molar-refractivity contribution in [1.29, 1.82) is 0 Å². The molecule has 2 unspecified atom stereocenters. The predicted octanol–water partition coefficient (Wildman–Crippen LogP) is 0.940. The van der Waals surface area contributed by atoms with Crippen LogP contribution in [0.3, 0.4) is 0 Å². The number of hydrogen-bond donors (Lipinski definition) is 1. The van der Waals surface area contributed by atoms with Crippen LogP contribution in [0.2, 0.25) is 0 Å². The Morgan fingerprint density at radius 3 is 2.29 bits per heavy atom. The lowest BCUT2D eigenvalue weighted by Gasteiger charge is -2.16. The van der Waals surface area contributed by atoms with Gasteiger partial charge in [-0.1, -0.05) is 12.1 Å². The third kappa shape index (κ3) is 1.69. The predicted molar refractivity (Wildman–Crippen MR) is 60.1 cm³/mol. The van der Waals surface area contributed by atoms with Gasteiger partial charge >= 0.3 is 0 Å². The minimum atomic E-state index is -0.0117. The van der Waals surface area contributed by atoms with Crippen molar-refractivity contribution < 1.29 is 14.7 Å². The average molecular weight is 231 g/mol. The molecule has 2 fully saturated rings. The number of likely N-dealkylation sites (tertiary alicyclic amines) is 1. The van der Waals surface area contributed by atoms with Crippen molar-refractivity contribution in [3.63, 3.8) is 0 Å². The van der Waals surface area contributed by atoms with E-state index < -0.39 is 0 Å². The van der Waals surface area contributed by atoms with Crippen LogP contribution in [0.1, 0.15) is 12.0 Å². The van der Waals surface area contributed by atoms with E-state index in [9.17, 15) is 9.59 Å². The Morgan fingerprint density at radius 1 is 1.12 bits per heavy atom. The number of carbonyl (C=O) groups is 2. The molecule has 0 spiro atoms. The lowest BCUT2D eigenvalue weighted by atomic mass is 10.1. The van der Waals surface area contributed by atoms with Crippen LogP contribution in [0.25, 0.3) is 0 Å². The Balaban J connectivity index is 1.63. The minimum absolute atomic E-state index is 0.00113. The zero-order chi connectivity index (χ0) is 12.0. The highest BCUT2D eigenvalue weighted by molar-refractivity contribution is 6.08. The van der Waals surface area contributed by atoms with E-state index in [2.05, 4.69) is 0 Å². The SMILES string of the molecule is O=C1C2CC2C(=O)N1CCc1ccc(O)cc1. The molecule has 1 aliphatic heterocycles. The average Bonchev–Trinajstić information content (AvgIpc) is 3.06. The normalized spacial score (nSPS) is 26.2. The first-order valence-corrected chi connectivity index (χ1v) is 5.80. The molecular formula is C13H13NO3. The van der Waals surface area contributed by atoms with Crippen LogP contribution < -0.4 is 0 Å². The number of carbonyl (C=O) groups excluding carboxylic acids is 2. The summed E-state index contributed by atoms with van der Waals surface area (Å²) in [6.07, 6.45) is 1.41. The standard InChI is InChI=1S/C13H13NO3/c15-9-3-1-8(2-4-9)5-6-14-12(16)10-7-11(10)13(14)17/h1-4,10-11,15H,5-7H2. The molecular weight excluding hydrogens is 218 g/mol. The Labute approximate surface area is 98.9 Å². The van der Waals surface area contributed by atoms with Gasteiger partial charge in [0.2, 0.25) is 11.8 Å². The van der Waals surface area contributed by atoms with Gasteiger partial charge in [-0.3, -0.25) is 14.5 Å². The van der Waals surface area contributed by atoms with Gasteiger partial charge in [-0.25, -0.2) is 0 Å². The summed E-state index contributed by atoms with van der Waals surface area (Å²) in [4.78, 5) is 24.8. The van der Waals surface area contributed by atoms with Crippen molar-refractivity contribution in [3.05, 3.63) is 29.8 Å². The summed E-state index contributed by atoms with van der Waals surface area (Å²) >= 11 is 0. The van der Waals surface area contributed by atoms with E-state index in [0.717, 1.165) is 12.0 Å². The molecule has 0 aromatic heterocycles. The quantitative estimate of drug-likeness (QED) is 0.788. The Bertz CT molecular complexity index is 460. The Hall–Kier alpha value is -1.84. The van der Waals surface area contributed by atoms with Crippen LogP contribution in [-0.2, 0) is 16.0 Å². The molecule has 88 valence electrons. The number of imide groups is 1. The first-order chi connectivity index (χ1) is 8.16. The number of rotatable bonds is 3. The van der Waals surface area contributed by atoms with Crippen molar-refractivity contribution in [2.24, 2.45) is 11.8 Å². The second-order valence-electron chi connectivity index (χ2n) is 4.69. The van der Waals surface area contributed by atoms with Gasteiger partial charge in [0, 0.05) is 6.54 Å². The van der Waals surface area contributed by atoms with Crippen LogP contribution in [0.4, 0.5) is 0 Å². The molecule has 0 radical (unpaired) electrons. The summed E-state index contributed by atoms with van der Waals surface area (Å²) in [6, 6.07) is 6.84. The summed E-state index contributed by atoms with van der Waals surface area (Å²) in [5.74, 6) is 0.200. The highest BCUT2D eigenvalue weighted by Gasteiger charge is 2.58. The molecule has 2 atom stereocenters. The molecule has 1 N–H and O–H groups in total. The maximum absolute atomic E-state index is 11.7. The van der Waals surface area contributed by atoms with Crippen molar-refractivity contribution in [3.8, 4) is 5.75 Å². The fourth-order valence-electron chi connectivity index (χ4n) is 2.37. The second-order valence-corrected chi connectivity index (χ2v) is 4.69. The van der Waals surface area contributed by atoms with Gasteiger partial charge in [-0.2, -0.15) is 0 Å². The Morgan fingerprint density at radius 2 is 1.71 bits per heavy atom. The number of fused-ring (bicyclic) bond motifs is 1. The van der Waals surface area contributed by atoms with Gasteiger partial charge in [-0.05, 0) is 30.5 Å². The lowest BCUT2D eigenvalue weighted by molar-refractivity contribution is -0.141. The fourth-order valence-corrected chi connectivity index (χ4v) is 2.37. The zero-order valence-corrected chi connectivity index (χ0v) is 9.30. The summed E-state index contributed by atoms with van der Waals surface area (Å²) in [7, 11) is 0. The van der Waals surface area contributed by atoms with Crippen LogP contribution >= 0.6 is 0 Å². The van der Waals surface area contributed by atoms with Gasteiger partial charge in [0.05, 0.1) is 11.8 Å². The molecule has 0 bridgehead atoms. The molecule has 3 rings (SSSR count). The molecule has 4 nitrogen and oxygen atoms in total. The molecule has 4 heteroatoms. The summed E-state index contributed by atoms with van der Waals surface area (Å²) in [5, 5.41) is 9.14. The van der Waals surface area contributed by atoms with Crippen molar-refractivity contribution >= 4 is 11.8 Å². The number of phenols is 1. The van der Waals surface area contributed by atoms with E-state index in [1.165, 1.54) is 4.90 Å². The number of benzene rings is 1. The number of phenolic OH excluding ortho intramolecular Hbond substituents is 1. The lowest BCUT2D eigenvalue weighted by Crippen LogP contribution is -2.34. The largest absolute Gasteiger partial charge is 0.508 e. The number of nitrogens with zero attached hydrogens (tertiary/aromatic N) is 1. The minimum Gasteiger partial charge on any atom is -0.508 e. The molecule has 17 heavy (non-hydrogen) atoms. The maximum Gasteiger partial charge on any atom is 0.233 e. The monoisotopic (exact) mass is 231 g/mol. The third-order valence-corrected chi connectivity index (χ3v) is 3.52. The van der Waals surface area contributed by atoms with E-state index in [1.54, 1.807) is 24.3 Å². The zero-order valence-electron chi connectivity index (χ0n) is 9.30. The van der Waals surface area contributed by atoms with Crippen LogP contribution in [0, 0.1) is 11.8 Å². The van der Waals surface area contributed by atoms with Crippen molar-refractivity contribution in [2.45, 2.75) is 12.8 Å². The van der Waals surface area contributed by atoms with E-state index in [-0.39, 0.29) is 29.4 Å². The number of piperidine rings is 1. The van der Waals surface area contributed by atoms with Gasteiger partial charge < -0.3 is 5.11 Å². The van der Waals surface area contributed by atoms with Crippen molar-refractivity contribution in [1.82, 2.24) is 4.90 Å². The van der Waals surface area contributed by atoms with E-state index in [1.807, 2.05) is 0 Å². The number of aromatic hydroxyl groups is 1. The van der Waals surface area contributed by atoms with Gasteiger partial charge in [0.1, 0.15) is 5.75 Å². The second kappa shape index (κ2) is 3.58. The summed E-state index contributed by atoms with van der Waals surface area (Å²) in [6.45, 7) is 0.454. The topological polar surface area (TPSA) is 57.6 Å². The van der Waals surface area contributed by atoms with Gasteiger partial charge in [0.25, 0.3) is 0 Å². The molecule has 2 aliphatic rings. The van der Waals surface area contributed by atoms with Crippen molar-refractivity contribution in [2.75, 3.05) is 6.54 Å². The van der Waals surface area contributed by atoms with Gasteiger partial charge in [0.15, 0.2) is 0 Å².